The second kappa shape index (κ2) is 6.03. The van der Waals surface area contributed by atoms with E-state index >= 15 is 0 Å². The maximum absolute atomic E-state index is 12.7. The Balaban J connectivity index is 1.53. The Morgan fingerprint density at radius 1 is 0.958 bits per heavy atom. The zero-order chi connectivity index (χ0) is 16.6. The molecule has 0 atom stereocenters. The highest BCUT2D eigenvalue weighted by Gasteiger charge is 2.31. The van der Waals surface area contributed by atoms with Crippen LogP contribution in [0, 0.1) is 0 Å². The van der Waals surface area contributed by atoms with E-state index in [1.165, 1.54) is 0 Å². The van der Waals surface area contributed by atoms with Crippen LogP contribution in [0.3, 0.4) is 0 Å². The Morgan fingerprint density at radius 3 is 2.38 bits per heavy atom. The highest BCUT2D eigenvalue weighted by molar-refractivity contribution is 7.89. The van der Waals surface area contributed by atoms with Crippen LogP contribution in [0.2, 0.25) is 0 Å². The molecule has 0 unspecified atom stereocenters. The molecular formula is C18H18N2O3S. The molecular weight excluding hydrogens is 324 g/mol. The summed E-state index contributed by atoms with van der Waals surface area (Å²) in [5.74, 6) is 0.232. The molecule has 4 rings (SSSR count). The minimum Gasteiger partial charge on any atom is -0.356 e. The molecule has 1 fully saturated rings. The van der Waals surface area contributed by atoms with E-state index in [1.807, 2.05) is 30.3 Å². The number of piperidine rings is 1. The first-order valence-electron chi connectivity index (χ1n) is 8.06. The summed E-state index contributed by atoms with van der Waals surface area (Å²) in [4.78, 5) is 0.357. The van der Waals surface area contributed by atoms with Crippen molar-refractivity contribution in [1.29, 1.82) is 0 Å². The lowest BCUT2D eigenvalue weighted by molar-refractivity contribution is 0.310. The van der Waals surface area contributed by atoms with Crippen LogP contribution in [0.25, 0.3) is 11.0 Å². The van der Waals surface area contributed by atoms with Gasteiger partial charge in [0.15, 0.2) is 5.58 Å². The molecule has 6 heteroatoms. The van der Waals surface area contributed by atoms with Crippen molar-refractivity contribution in [3.8, 4) is 0 Å². The predicted molar refractivity (Wildman–Crippen MR) is 91.2 cm³/mol. The first-order valence-corrected chi connectivity index (χ1v) is 9.50. The third kappa shape index (κ3) is 2.61. The van der Waals surface area contributed by atoms with Gasteiger partial charge in [-0.3, -0.25) is 0 Å². The molecule has 5 nitrogen and oxygen atoms in total. The standard InChI is InChI=1S/C18H18N2O3S/c21-24(22,15-6-2-1-3-7-15)20-12-10-14(11-13-20)18-16-8-4-5-9-17(16)23-19-18/h1-9,14H,10-13H2. The van der Waals surface area contributed by atoms with E-state index in [1.54, 1.807) is 28.6 Å². The molecule has 0 bridgehead atoms. The molecule has 1 aliphatic heterocycles. The lowest BCUT2D eigenvalue weighted by atomic mass is 9.93. The molecule has 0 amide bonds. The van der Waals surface area contributed by atoms with Gasteiger partial charge in [0.1, 0.15) is 0 Å². The number of hydrogen-bond acceptors (Lipinski definition) is 4. The van der Waals surface area contributed by atoms with Crippen LogP contribution >= 0.6 is 0 Å². The van der Waals surface area contributed by atoms with Gasteiger partial charge in [-0.2, -0.15) is 4.31 Å². The number of rotatable bonds is 3. The second-order valence-electron chi connectivity index (χ2n) is 6.06. The summed E-state index contributed by atoms with van der Waals surface area (Å²) in [6.07, 6.45) is 1.51. The van der Waals surface area contributed by atoms with Crippen LogP contribution in [0.1, 0.15) is 24.5 Å². The molecule has 3 aromatic rings. The minimum absolute atomic E-state index is 0.232. The lowest BCUT2D eigenvalue weighted by Crippen LogP contribution is -2.37. The molecule has 124 valence electrons. The Kier molecular flexibility index (Phi) is 3.86. The number of sulfonamides is 1. The summed E-state index contributed by atoms with van der Waals surface area (Å²) in [6.45, 7) is 1.01. The first kappa shape index (κ1) is 15.4. The summed E-state index contributed by atoms with van der Waals surface area (Å²) in [7, 11) is -3.41. The van der Waals surface area contributed by atoms with E-state index in [-0.39, 0.29) is 5.92 Å². The molecule has 1 aliphatic rings. The molecule has 0 N–H and O–H groups in total. The fraction of sp³-hybridized carbons (Fsp3) is 0.278. The quantitative estimate of drug-likeness (QED) is 0.732. The molecule has 1 saturated heterocycles. The van der Waals surface area contributed by atoms with Crippen molar-refractivity contribution in [2.75, 3.05) is 13.1 Å². The van der Waals surface area contributed by atoms with Gasteiger partial charge in [0.25, 0.3) is 0 Å². The largest absolute Gasteiger partial charge is 0.356 e. The zero-order valence-corrected chi connectivity index (χ0v) is 13.9. The molecule has 0 radical (unpaired) electrons. The van der Waals surface area contributed by atoms with Gasteiger partial charge in [-0.15, -0.1) is 0 Å². The summed E-state index contributed by atoms with van der Waals surface area (Å²) >= 11 is 0. The molecule has 1 aromatic heterocycles. The number of fused-ring (bicyclic) bond motifs is 1. The van der Waals surface area contributed by atoms with Crippen LogP contribution in [-0.4, -0.2) is 31.0 Å². The van der Waals surface area contributed by atoms with E-state index < -0.39 is 10.0 Å². The summed E-state index contributed by atoms with van der Waals surface area (Å²) in [5, 5.41) is 5.25. The van der Waals surface area contributed by atoms with Gasteiger partial charge in [-0.1, -0.05) is 35.5 Å². The fourth-order valence-corrected chi connectivity index (χ4v) is 4.80. The van der Waals surface area contributed by atoms with E-state index in [9.17, 15) is 8.42 Å². The van der Waals surface area contributed by atoms with Gasteiger partial charge >= 0.3 is 0 Å². The predicted octanol–water partition coefficient (Wildman–Crippen LogP) is 3.40. The van der Waals surface area contributed by atoms with Crippen molar-refractivity contribution in [3.63, 3.8) is 0 Å². The molecule has 2 heterocycles. The summed E-state index contributed by atoms with van der Waals surface area (Å²) in [5.41, 5.74) is 1.73. The normalized spacial score (nSPS) is 17.3. The van der Waals surface area contributed by atoms with Gasteiger partial charge in [-0.05, 0) is 37.1 Å². The van der Waals surface area contributed by atoms with Gasteiger partial charge < -0.3 is 4.52 Å². The summed E-state index contributed by atoms with van der Waals surface area (Å²) < 4.78 is 32.3. The average Bonchev–Trinajstić information content (AvgIpc) is 3.07. The topological polar surface area (TPSA) is 63.4 Å². The first-order chi connectivity index (χ1) is 11.7. The van der Waals surface area contributed by atoms with Crippen molar-refractivity contribution in [1.82, 2.24) is 9.46 Å². The third-order valence-electron chi connectivity index (χ3n) is 4.63. The Morgan fingerprint density at radius 2 is 1.62 bits per heavy atom. The molecule has 0 saturated carbocycles. The van der Waals surface area contributed by atoms with Crippen LogP contribution < -0.4 is 0 Å². The van der Waals surface area contributed by atoms with Crippen molar-refractivity contribution < 1.29 is 12.9 Å². The van der Waals surface area contributed by atoms with Crippen molar-refractivity contribution in [2.45, 2.75) is 23.7 Å². The van der Waals surface area contributed by atoms with Gasteiger partial charge in [0, 0.05) is 24.4 Å². The third-order valence-corrected chi connectivity index (χ3v) is 6.54. The van der Waals surface area contributed by atoms with Crippen molar-refractivity contribution in [3.05, 3.63) is 60.3 Å². The van der Waals surface area contributed by atoms with Crippen LogP contribution in [0.5, 0.6) is 0 Å². The highest BCUT2D eigenvalue weighted by atomic mass is 32.2. The van der Waals surface area contributed by atoms with Crippen LogP contribution in [-0.2, 0) is 10.0 Å². The van der Waals surface area contributed by atoms with Crippen LogP contribution in [0.4, 0.5) is 0 Å². The molecule has 0 aliphatic carbocycles. The van der Waals surface area contributed by atoms with E-state index in [4.69, 9.17) is 4.52 Å². The number of hydrogen-bond donors (Lipinski definition) is 0. The monoisotopic (exact) mass is 342 g/mol. The van der Waals surface area contributed by atoms with Crippen molar-refractivity contribution >= 4 is 21.0 Å². The van der Waals surface area contributed by atoms with E-state index in [0.717, 1.165) is 29.5 Å². The zero-order valence-electron chi connectivity index (χ0n) is 13.1. The fourth-order valence-electron chi connectivity index (χ4n) is 3.31. The SMILES string of the molecule is O=S(=O)(c1ccccc1)N1CCC(c2noc3ccccc23)CC1. The lowest BCUT2D eigenvalue weighted by Gasteiger charge is -2.30. The Labute approximate surface area is 140 Å². The maximum Gasteiger partial charge on any atom is 0.243 e. The molecule has 0 spiro atoms. The Hall–Kier alpha value is -2.18. The molecule has 24 heavy (non-hydrogen) atoms. The number of aromatic nitrogens is 1. The number of benzene rings is 2. The van der Waals surface area contributed by atoms with Crippen LogP contribution in [0.15, 0.2) is 64.0 Å². The Bertz CT molecular complexity index is 943. The van der Waals surface area contributed by atoms with Gasteiger partial charge in [0.05, 0.1) is 10.6 Å². The number of para-hydroxylation sites is 1. The highest BCUT2D eigenvalue weighted by Crippen LogP contribution is 2.33. The average molecular weight is 342 g/mol. The van der Waals surface area contributed by atoms with Gasteiger partial charge in [0.2, 0.25) is 10.0 Å². The molecule has 2 aromatic carbocycles. The van der Waals surface area contributed by atoms with E-state index in [2.05, 4.69) is 5.16 Å². The summed E-state index contributed by atoms with van der Waals surface area (Å²) in [6, 6.07) is 16.4. The van der Waals surface area contributed by atoms with Gasteiger partial charge in [-0.25, -0.2) is 8.42 Å². The maximum atomic E-state index is 12.7. The minimum atomic E-state index is -3.41. The van der Waals surface area contributed by atoms with E-state index in [0.29, 0.717) is 18.0 Å². The smallest absolute Gasteiger partial charge is 0.243 e. The van der Waals surface area contributed by atoms with Crippen molar-refractivity contribution in [2.24, 2.45) is 0 Å². The number of nitrogens with zero attached hydrogens (tertiary/aromatic N) is 2. The second-order valence-corrected chi connectivity index (χ2v) is 7.99.